The molecular formula is C23H19Cl2N5O4S. The van der Waals surface area contributed by atoms with Gasteiger partial charge >= 0.3 is 0 Å². The minimum Gasteiger partial charge on any atom is -0.437 e. The number of hydrogen-bond donors (Lipinski definition) is 2. The summed E-state index contributed by atoms with van der Waals surface area (Å²) in [6.45, 7) is 3.72. The van der Waals surface area contributed by atoms with Crippen LogP contribution in [0.25, 0.3) is 5.82 Å². The number of hydroxylamine groups is 1. The molecule has 12 heteroatoms. The third-order valence-electron chi connectivity index (χ3n) is 4.67. The van der Waals surface area contributed by atoms with Crippen molar-refractivity contribution in [1.82, 2.24) is 20.2 Å². The summed E-state index contributed by atoms with van der Waals surface area (Å²) < 4.78 is 7.06. The number of rotatable bonds is 8. The third kappa shape index (κ3) is 5.63. The standard InChI is InChI=1S/C23H19Cl2N5O4S/c1-3-33-29-22(31)16-10-14(24)9-13(2)20(16)27-23(32)18-11-19(34-15-6-8-35-12-15)28-30(18)21-17(25)5-4-7-26-21/h4-12H,3H2,1-2H3,(H,27,32)(H,29,31). The van der Waals surface area contributed by atoms with Gasteiger partial charge in [0.05, 0.1) is 22.9 Å². The zero-order valence-electron chi connectivity index (χ0n) is 18.5. The summed E-state index contributed by atoms with van der Waals surface area (Å²) in [7, 11) is 0. The summed E-state index contributed by atoms with van der Waals surface area (Å²) >= 11 is 13.9. The fraction of sp³-hybridized carbons (Fsp3) is 0.130. The molecule has 2 amide bonds. The second-order valence-electron chi connectivity index (χ2n) is 7.11. The number of carbonyl (C=O) groups is 2. The number of ether oxygens (including phenoxy) is 1. The van der Waals surface area contributed by atoms with E-state index in [2.05, 4.69) is 20.9 Å². The van der Waals surface area contributed by atoms with Crippen LogP contribution in [-0.2, 0) is 4.84 Å². The number of pyridine rings is 1. The number of nitrogens with one attached hydrogen (secondary N) is 2. The van der Waals surface area contributed by atoms with Gasteiger partial charge in [0.2, 0.25) is 5.88 Å². The van der Waals surface area contributed by atoms with Gasteiger partial charge in [0.1, 0.15) is 11.4 Å². The topological polar surface area (TPSA) is 107 Å². The van der Waals surface area contributed by atoms with Crippen molar-refractivity contribution < 1.29 is 19.2 Å². The quantitative estimate of drug-likeness (QED) is 0.283. The number of anilines is 1. The number of halogens is 2. The Balaban J connectivity index is 1.74. The van der Waals surface area contributed by atoms with E-state index < -0.39 is 11.8 Å². The van der Waals surface area contributed by atoms with E-state index in [-0.39, 0.29) is 40.3 Å². The van der Waals surface area contributed by atoms with Crippen LogP contribution in [0.15, 0.2) is 53.4 Å². The highest BCUT2D eigenvalue weighted by molar-refractivity contribution is 7.08. The molecule has 0 saturated heterocycles. The van der Waals surface area contributed by atoms with Crippen LogP contribution < -0.4 is 15.5 Å². The van der Waals surface area contributed by atoms with E-state index in [0.717, 1.165) is 0 Å². The molecule has 0 saturated carbocycles. The predicted octanol–water partition coefficient (Wildman–Crippen LogP) is 5.67. The normalized spacial score (nSPS) is 10.7. The van der Waals surface area contributed by atoms with E-state index in [4.69, 9.17) is 32.8 Å². The molecule has 2 N–H and O–H groups in total. The first-order chi connectivity index (χ1) is 16.9. The molecule has 0 aliphatic carbocycles. The highest BCUT2D eigenvalue weighted by Gasteiger charge is 2.23. The summed E-state index contributed by atoms with van der Waals surface area (Å²) in [6, 6.07) is 9.61. The van der Waals surface area contributed by atoms with E-state index in [0.29, 0.717) is 16.3 Å². The minimum atomic E-state index is -0.574. The van der Waals surface area contributed by atoms with Crippen molar-refractivity contribution >= 4 is 52.0 Å². The van der Waals surface area contributed by atoms with Gasteiger partial charge < -0.3 is 10.1 Å². The van der Waals surface area contributed by atoms with Gasteiger partial charge in [-0.3, -0.25) is 14.4 Å². The Hall–Kier alpha value is -3.44. The number of thiophene rings is 1. The number of hydrogen-bond acceptors (Lipinski definition) is 7. The summed E-state index contributed by atoms with van der Waals surface area (Å²) in [4.78, 5) is 35.4. The van der Waals surface area contributed by atoms with Crippen molar-refractivity contribution in [3.63, 3.8) is 0 Å². The summed E-state index contributed by atoms with van der Waals surface area (Å²) in [5.41, 5.74) is 3.37. The second-order valence-corrected chi connectivity index (χ2v) is 8.74. The molecule has 3 heterocycles. The van der Waals surface area contributed by atoms with E-state index in [9.17, 15) is 9.59 Å². The highest BCUT2D eigenvalue weighted by Crippen LogP contribution is 2.29. The molecule has 1 aromatic carbocycles. The maximum absolute atomic E-state index is 13.5. The van der Waals surface area contributed by atoms with Crippen LogP contribution in [0.2, 0.25) is 10.0 Å². The molecule has 0 spiro atoms. The van der Waals surface area contributed by atoms with Crippen LogP contribution in [0, 0.1) is 6.92 Å². The average Bonchev–Trinajstić information content (AvgIpc) is 3.49. The first-order valence-electron chi connectivity index (χ1n) is 10.3. The fourth-order valence-corrected chi connectivity index (χ4v) is 4.18. The summed E-state index contributed by atoms with van der Waals surface area (Å²) in [5.74, 6) is -0.160. The number of carbonyl (C=O) groups excluding carboxylic acids is 2. The molecule has 0 atom stereocenters. The molecule has 0 aliphatic heterocycles. The number of amides is 2. The third-order valence-corrected chi connectivity index (χ3v) is 5.84. The van der Waals surface area contributed by atoms with Gasteiger partial charge in [-0.25, -0.2) is 15.1 Å². The monoisotopic (exact) mass is 531 g/mol. The van der Waals surface area contributed by atoms with Gasteiger partial charge in [-0.2, -0.15) is 0 Å². The Labute approximate surface area is 214 Å². The number of benzene rings is 1. The molecule has 9 nitrogen and oxygen atoms in total. The number of nitrogens with zero attached hydrogens (tertiary/aromatic N) is 3. The van der Waals surface area contributed by atoms with Gasteiger partial charge in [-0.15, -0.1) is 16.4 Å². The van der Waals surface area contributed by atoms with Crippen molar-refractivity contribution in [2.24, 2.45) is 0 Å². The first kappa shape index (κ1) is 24.7. The van der Waals surface area contributed by atoms with Crippen LogP contribution >= 0.6 is 34.5 Å². The van der Waals surface area contributed by atoms with Crippen molar-refractivity contribution in [2.45, 2.75) is 13.8 Å². The molecule has 0 aliphatic rings. The maximum atomic E-state index is 13.5. The Morgan fingerprint density at radius 3 is 2.71 bits per heavy atom. The molecule has 180 valence electrons. The molecule has 0 unspecified atom stereocenters. The minimum absolute atomic E-state index is 0.0846. The van der Waals surface area contributed by atoms with Crippen molar-refractivity contribution in [3.05, 3.63) is 80.2 Å². The molecular weight excluding hydrogens is 513 g/mol. The van der Waals surface area contributed by atoms with Crippen molar-refractivity contribution in [2.75, 3.05) is 11.9 Å². The summed E-state index contributed by atoms with van der Waals surface area (Å²) in [6.07, 6.45) is 1.53. The predicted molar refractivity (Wildman–Crippen MR) is 134 cm³/mol. The van der Waals surface area contributed by atoms with E-state index in [1.807, 2.05) is 5.38 Å². The van der Waals surface area contributed by atoms with Gasteiger partial charge in [0.25, 0.3) is 11.8 Å². The Kier molecular flexibility index (Phi) is 7.67. The van der Waals surface area contributed by atoms with Crippen LogP contribution in [0.1, 0.15) is 33.3 Å². The van der Waals surface area contributed by atoms with Crippen LogP contribution in [-0.4, -0.2) is 33.2 Å². The van der Waals surface area contributed by atoms with E-state index in [1.165, 1.54) is 34.3 Å². The SMILES string of the molecule is CCONC(=O)c1cc(Cl)cc(C)c1NC(=O)c1cc(Oc2ccsc2)nn1-c1ncccc1Cl. The molecule has 35 heavy (non-hydrogen) atoms. The maximum Gasteiger partial charge on any atom is 0.277 e. The molecule has 3 aromatic heterocycles. The largest absolute Gasteiger partial charge is 0.437 e. The Bertz CT molecular complexity index is 1370. The van der Waals surface area contributed by atoms with Crippen LogP contribution in [0.3, 0.4) is 0 Å². The van der Waals surface area contributed by atoms with Gasteiger partial charge in [-0.05, 0) is 55.1 Å². The molecule has 0 bridgehead atoms. The number of aromatic nitrogens is 3. The van der Waals surface area contributed by atoms with E-state index in [1.54, 1.807) is 43.5 Å². The lowest BCUT2D eigenvalue weighted by atomic mass is 10.1. The lowest BCUT2D eigenvalue weighted by molar-refractivity contribution is 0.0365. The average molecular weight is 532 g/mol. The van der Waals surface area contributed by atoms with Crippen molar-refractivity contribution in [1.29, 1.82) is 0 Å². The lowest BCUT2D eigenvalue weighted by Gasteiger charge is -2.15. The second kappa shape index (κ2) is 10.9. The zero-order chi connectivity index (χ0) is 24.9. The first-order valence-corrected chi connectivity index (χ1v) is 12.0. The smallest absolute Gasteiger partial charge is 0.277 e. The van der Waals surface area contributed by atoms with Gasteiger partial charge in [-0.1, -0.05) is 23.2 Å². The summed E-state index contributed by atoms with van der Waals surface area (Å²) in [5, 5.41) is 11.4. The Morgan fingerprint density at radius 1 is 1.17 bits per heavy atom. The van der Waals surface area contributed by atoms with E-state index >= 15 is 0 Å². The molecule has 0 fully saturated rings. The molecule has 4 aromatic rings. The van der Waals surface area contributed by atoms with Gasteiger partial charge in [0.15, 0.2) is 5.82 Å². The fourth-order valence-electron chi connectivity index (χ4n) is 3.15. The Morgan fingerprint density at radius 2 is 2.00 bits per heavy atom. The number of aryl methyl sites for hydroxylation is 1. The van der Waals surface area contributed by atoms with Crippen LogP contribution in [0.5, 0.6) is 11.6 Å². The molecule has 4 rings (SSSR count). The van der Waals surface area contributed by atoms with Crippen molar-refractivity contribution in [3.8, 4) is 17.4 Å². The molecule has 0 radical (unpaired) electrons. The highest BCUT2D eigenvalue weighted by atomic mass is 35.5. The zero-order valence-corrected chi connectivity index (χ0v) is 20.9. The lowest BCUT2D eigenvalue weighted by Crippen LogP contribution is -2.26. The van der Waals surface area contributed by atoms with Gasteiger partial charge in [0, 0.05) is 22.7 Å². The van der Waals surface area contributed by atoms with Crippen LogP contribution in [0.4, 0.5) is 5.69 Å².